The van der Waals surface area contributed by atoms with E-state index in [2.05, 4.69) is 16.4 Å². The average molecular weight is 315 g/mol. The maximum atomic E-state index is 12.5. The number of amides is 1. The fourth-order valence-corrected chi connectivity index (χ4v) is 3.74. The monoisotopic (exact) mass is 315 g/mol. The number of nitrogens with zero attached hydrogens (tertiary/aromatic N) is 2. The van der Waals surface area contributed by atoms with Gasteiger partial charge in [-0.25, -0.2) is 4.98 Å². The molecule has 0 unspecified atom stereocenters. The van der Waals surface area contributed by atoms with Crippen LogP contribution in [-0.2, 0) is 4.79 Å². The highest BCUT2D eigenvalue weighted by molar-refractivity contribution is 7.22. The van der Waals surface area contributed by atoms with Crippen LogP contribution in [-0.4, -0.2) is 18.0 Å². The highest BCUT2D eigenvalue weighted by Crippen LogP contribution is 2.37. The highest BCUT2D eigenvalue weighted by atomic mass is 32.1. The van der Waals surface area contributed by atoms with Gasteiger partial charge in [-0.1, -0.05) is 30.6 Å². The first-order valence-corrected chi connectivity index (χ1v) is 8.16. The topological polar surface area (TPSA) is 75.0 Å². The molecule has 2 aromatic rings. The molecule has 0 bridgehead atoms. The largest absolute Gasteiger partial charge is 0.497 e. The van der Waals surface area contributed by atoms with Crippen LogP contribution < -0.4 is 10.1 Å². The van der Waals surface area contributed by atoms with Crippen LogP contribution in [0.15, 0.2) is 18.2 Å². The van der Waals surface area contributed by atoms with Crippen LogP contribution in [0, 0.1) is 16.7 Å². The highest BCUT2D eigenvalue weighted by Gasteiger charge is 2.40. The number of ether oxygens (including phenoxy) is 1. The first-order chi connectivity index (χ1) is 10.7. The molecule has 5 nitrogen and oxygen atoms in total. The smallest absolute Gasteiger partial charge is 0.246 e. The second-order valence-corrected chi connectivity index (χ2v) is 6.59. The van der Waals surface area contributed by atoms with E-state index in [-0.39, 0.29) is 5.91 Å². The number of methoxy groups -OCH3 is 1. The molecule has 22 heavy (non-hydrogen) atoms. The lowest BCUT2D eigenvalue weighted by molar-refractivity contribution is -0.124. The van der Waals surface area contributed by atoms with Gasteiger partial charge in [0.05, 0.1) is 23.4 Å². The van der Waals surface area contributed by atoms with Crippen LogP contribution >= 0.6 is 11.3 Å². The van der Waals surface area contributed by atoms with Crippen molar-refractivity contribution in [2.75, 3.05) is 12.4 Å². The standard InChI is InChI=1S/C16H17N3O2S/c1-21-11-5-6-12-13(9-11)22-15(18-12)19-14(20)16(10-17)7-3-2-4-8-16/h5-6,9H,2-4,7-8H2,1H3,(H,18,19,20). The van der Waals surface area contributed by atoms with Crippen LogP contribution in [0.1, 0.15) is 32.1 Å². The first kappa shape index (κ1) is 14.8. The van der Waals surface area contributed by atoms with Crippen molar-refractivity contribution in [3.63, 3.8) is 0 Å². The molecule has 114 valence electrons. The van der Waals surface area contributed by atoms with Crippen LogP contribution in [0.5, 0.6) is 5.75 Å². The number of anilines is 1. The van der Waals surface area contributed by atoms with E-state index in [9.17, 15) is 10.1 Å². The predicted octanol–water partition coefficient (Wildman–Crippen LogP) is 3.72. The van der Waals surface area contributed by atoms with Gasteiger partial charge in [0.2, 0.25) is 5.91 Å². The molecule has 1 N–H and O–H groups in total. The van der Waals surface area contributed by atoms with Crippen LogP contribution in [0.25, 0.3) is 10.2 Å². The van der Waals surface area contributed by atoms with E-state index in [4.69, 9.17) is 4.74 Å². The molecule has 0 aliphatic heterocycles. The number of hydrogen-bond donors (Lipinski definition) is 1. The summed E-state index contributed by atoms with van der Waals surface area (Å²) in [5.74, 6) is 0.538. The molecule has 1 aromatic heterocycles. The van der Waals surface area contributed by atoms with Gasteiger partial charge in [-0.15, -0.1) is 0 Å². The summed E-state index contributed by atoms with van der Waals surface area (Å²) in [6.07, 6.45) is 4.22. The normalized spacial score (nSPS) is 16.9. The first-order valence-electron chi connectivity index (χ1n) is 7.34. The number of carbonyl (C=O) groups excluding carboxylic acids is 1. The summed E-state index contributed by atoms with van der Waals surface area (Å²) in [6.45, 7) is 0. The summed E-state index contributed by atoms with van der Waals surface area (Å²) in [5.41, 5.74) is -0.0795. The molecule has 6 heteroatoms. The van der Waals surface area contributed by atoms with E-state index in [0.29, 0.717) is 18.0 Å². The third-order valence-electron chi connectivity index (χ3n) is 4.17. The summed E-state index contributed by atoms with van der Waals surface area (Å²) < 4.78 is 6.14. The molecule has 1 amide bonds. The van der Waals surface area contributed by atoms with Gasteiger partial charge in [-0.3, -0.25) is 4.79 Å². The van der Waals surface area contributed by atoms with Crippen LogP contribution in [0.3, 0.4) is 0 Å². The Morgan fingerprint density at radius 1 is 1.41 bits per heavy atom. The van der Waals surface area contributed by atoms with Gasteiger partial charge in [0.15, 0.2) is 5.13 Å². The maximum absolute atomic E-state index is 12.5. The van der Waals surface area contributed by atoms with Gasteiger partial charge < -0.3 is 10.1 Å². The number of carbonyl (C=O) groups is 1. The fourth-order valence-electron chi connectivity index (χ4n) is 2.85. The second-order valence-electron chi connectivity index (χ2n) is 5.56. The molecule has 1 aromatic carbocycles. The Balaban J connectivity index is 1.83. The van der Waals surface area contributed by atoms with Crippen LogP contribution in [0.2, 0.25) is 0 Å². The van der Waals surface area contributed by atoms with E-state index < -0.39 is 5.41 Å². The van der Waals surface area contributed by atoms with Crippen molar-refractivity contribution < 1.29 is 9.53 Å². The fraction of sp³-hybridized carbons (Fsp3) is 0.438. The molecule has 1 fully saturated rings. The molecule has 0 atom stereocenters. The Bertz CT molecular complexity index is 741. The number of benzene rings is 1. The number of hydrogen-bond acceptors (Lipinski definition) is 5. The number of fused-ring (bicyclic) bond motifs is 1. The molecule has 0 spiro atoms. The molecular weight excluding hydrogens is 298 g/mol. The van der Waals surface area contributed by atoms with Gasteiger partial charge in [0, 0.05) is 0 Å². The van der Waals surface area contributed by atoms with Gasteiger partial charge in [0.25, 0.3) is 0 Å². The minimum atomic E-state index is -0.895. The Labute approximate surface area is 132 Å². The molecular formula is C16H17N3O2S. The summed E-state index contributed by atoms with van der Waals surface area (Å²) in [5, 5.41) is 12.8. The number of aromatic nitrogens is 1. The number of rotatable bonds is 3. The zero-order valence-corrected chi connectivity index (χ0v) is 13.2. The number of nitriles is 1. The second kappa shape index (κ2) is 5.93. The number of thiazole rings is 1. The minimum Gasteiger partial charge on any atom is -0.497 e. The minimum absolute atomic E-state index is 0.222. The number of nitrogens with one attached hydrogen (secondary N) is 1. The zero-order valence-electron chi connectivity index (χ0n) is 12.4. The third kappa shape index (κ3) is 2.64. The molecule has 1 aliphatic rings. The maximum Gasteiger partial charge on any atom is 0.246 e. The van der Waals surface area contributed by atoms with Gasteiger partial charge in [-0.05, 0) is 31.0 Å². The Kier molecular flexibility index (Phi) is 3.99. The molecule has 0 saturated heterocycles. The van der Waals surface area contributed by atoms with Crippen molar-refractivity contribution in [1.29, 1.82) is 5.26 Å². The van der Waals surface area contributed by atoms with E-state index in [1.165, 1.54) is 11.3 Å². The Morgan fingerprint density at radius 3 is 2.86 bits per heavy atom. The lowest BCUT2D eigenvalue weighted by atomic mass is 9.74. The SMILES string of the molecule is COc1ccc2nc(NC(=O)C3(C#N)CCCCC3)sc2c1. The van der Waals surface area contributed by atoms with Crippen molar-refractivity contribution in [3.05, 3.63) is 18.2 Å². The van der Waals surface area contributed by atoms with E-state index in [1.54, 1.807) is 7.11 Å². The molecule has 0 radical (unpaired) electrons. The van der Waals surface area contributed by atoms with E-state index >= 15 is 0 Å². The zero-order chi connectivity index (χ0) is 15.6. The van der Waals surface area contributed by atoms with Crippen molar-refractivity contribution in [2.45, 2.75) is 32.1 Å². The van der Waals surface area contributed by atoms with Crippen molar-refractivity contribution in [1.82, 2.24) is 4.98 Å². The molecule has 1 saturated carbocycles. The third-order valence-corrected chi connectivity index (χ3v) is 5.11. The van der Waals surface area contributed by atoms with Gasteiger partial charge >= 0.3 is 0 Å². The summed E-state index contributed by atoms with van der Waals surface area (Å²) >= 11 is 1.40. The van der Waals surface area contributed by atoms with E-state index in [0.717, 1.165) is 35.2 Å². The van der Waals surface area contributed by atoms with Crippen LogP contribution in [0.4, 0.5) is 5.13 Å². The lowest BCUT2D eigenvalue weighted by Crippen LogP contribution is -2.36. The molecule has 3 rings (SSSR count). The Morgan fingerprint density at radius 2 is 2.18 bits per heavy atom. The summed E-state index contributed by atoms with van der Waals surface area (Å²) in [4.78, 5) is 16.9. The predicted molar refractivity (Wildman–Crippen MR) is 85.9 cm³/mol. The summed E-state index contributed by atoms with van der Waals surface area (Å²) in [7, 11) is 1.62. The Hall–Kier alpha value is -2.13. The quantitative estimate of drug-likeness (QED) is 0.936. The van der Waals surface area contributed by atoms with Gasteiger partial charge in [-0.2, -0.15) is 5.26 Å². The lowest BCUT2D eigenvalue weighted by Gasteiger charge is -2.28. The van der Waals surface area contributed by atoms with Crippen molar-refractivity contribution in [2.24, 2.45) is 5.41 Å². The van der Waals surface area contributed by atoms with Crippen molar-refractivity contribution >= 4 is 32.6 Å². The molecule has 1 aliphatic carbocycles. The van der Waals surface area contributed by atoms with E-state index in [1.807, 2.05) is 18.2 Å². The average Bonchev–Trinajstić information content (AvgIpc) is 2.96. The van der Waals surface area contributed by atoms with Gasteiger partial charge in [0.1, 0.15) is 11.2 Å². The van der Waals surface area contributed by atoms with Crippen molar-refractivity contribution in [3.8, 4) is 11.8 Å². The summed E-state index contributed by atoms with van der Waals surface area (Å²) in [6, 6.07) is 7.83. The molecule has 1 heterocycles.